The summed E-state index contributed by atoms with van der Waals surface area (Å²) in [5.74, 6) is 0. The Balaban J connectivity index is 1.45. The molecule has 136 valence electrons. The molecule has 26 heavy (non-hydrogen) atoms. The molecule has 0 saturated carbocycles. The lowest BCUT2D eigenvalue weighted by Gasteiger charge is -2.27. The largest absolute Gasteiger partial charge is 0.321 e. The molecule has 0 unspecified atom stereocenters. The number of nitrogens with zero attached hydrogens (tertiary/aromatic N) is 2. The second-order valence-corrected chi connectivity index (χ2v) is 8.95. The summed E-state index contributed by atoms with van der Waals surface area (Å²) in [6, 6.07) is 16.6. The van der Waals surface area contributed by atoms with Crippen molar-refractivity contribution in [3.05, 3.63) is 76.5 Å². The Bertz CT molecular complexity index is 927. The zero-order valence-corrected chi connectivity index (χ0v) is 15.8. The number of halogens is 1. The molecule has 4 rings (SSSR count). The van der Waals surface area contributed by atoms with Crippen molar-refractivity contribution in [1.82, 2.24) is 14.7 Å². The summed E-state index contributed by atoms with van der Waals surface area (Å²) in [5, 5.41) is 2.67. The van der Waals surface area contributed by atoms with Gasteiger partial charge in [0.05, 0.1) is 11.4 Å². The summed E-state index contributed by atoms with van der Waals surface area (Å²) in [6.07, 6.45) is 0.750. The first-order valence-corrected chi connectivity index (χ1v) is 10.4. The average Bonchev–Trinajstić information content (AvgIpc) is 3.04. The predicted octanol–water partition coefficient (Wildman–Crippen LogP) is 3.01. The van der Waals surface area contributed by atoms with Crippen molar-refractivity contribution < 1.29 is 8.42 Å². The topological polar surface area (TPSA) is 52.7 Å². The third-order valence-electron chi connectivity index (χ3n) is 4.77. The molecule has 0 atom stereocenters. The van der Waals surface area contributed by atoms with Gasteiger partial charge in [-0.3, -0.25) is 0 Å². The molecule has 0 radical (unpaired) electrons. The van der Waals surface area contributed by atoms with E-state index in [-0.39, 0.29) is 4.90 Å². The quantitative estimate of drug-likeness (QED) is 0.873. The first kappa shape index (κ1) is 17.5. The van der Waals surface area contributed by atoms with Crippen LogP contribution in [0.2, 0.25) is 5.02 Å². The molecular formula is C19H20ClN3O2S. The Morgan fingerprint density at radius 3 is 2.46 bits per heavy atom. The van der Waals surface area contributed by atoms with Gasteiger partial charge in [-0.1, -0.05) is 41.9 Å². The summed E-state index contributed by atoms with van der Waals surface area (Å²) in [4.78, 5) is 0.282. The molecule has 2 heterocycles. The summed E-state index contributed by atoms with van der Waals surface area (Å²) in [7, 11) is -3.51. The van der Waals surface area contributed by atoms with Gasteiger partial charge in [0.1, 0.15) is 0 Å². The third kappa shape index (κ3) is 3.50. The number of benzene rings is 2. The number of rotatable bonds is 4. The molecule has 2 aliphatic rings. The monoisotopic (exact) mass is 389 g/mol. The smallest absolute Gasteiger partial charge is 0.243 e. The van der Waals surface area contributed by atoms with Gasteiger partial charge < -0.3 is 5.43 Å². The Hall–Kier alpha value is -1.86. The van der Waals surface area contributed by atoms with Gasteiger partial charge in [0.15, 0.2) is 0 Å². The Kier molecular flexibility index (Phi) is 4.75. The SMILES string of the molecule is O=S(=O)(c1ccc(Cl)cc1)N1CCC2=C(C1)NN(Cc1ccccc1)C2. The standard InChI is InChI=1S/C19H20ClN3O2S/c20-17-6-8-18(9-7-17)26(24,25)23-11-10-16-13-22(21-19(16)14-23)12-15-4-2-1-3-5-15/h1-9,21H,10-14H2. The molecular weight excluding hydrogens is 370 g/mol. The highest BCUT2D eigenvalue weighted by molar-refractivity contribution is 7.89. The van der Waals surface area contributed by atoms with E-state index in [1.54, 1.807) is 24.3 Å². The van der Waals surface area contributed by atoms with Crippen LogP contribution >= 0.6 is 11.6 Å². The zero-order chi connectivity index (χ0) is 18.1. The van der Waals surface area contributed by atoms with Crippen molar-refractivity contribution in [3.8, 4) is 0 Å². The van der Waals surface area contributed by atoms with Gasteiger partial charge in [0.2, 0.25) is 10.0 Å². The van der Waals surface area contributed by atoms with Crippen LogP contribution in [-0.4, -0.2) is 37.4 Å². The van der Waals surface area contributed by atoms with Crippen LogP contribution in [0.4, 0.5) is 0 Å². The Labute approximate surface area is 158 Å². The van der Waals surface area contributed by atoms with Gasteiger partial charge in [-0.2, -0.15) is 4.31 Å². The summed E-state index contributed by atoms with van der Waals surface area (Å²) >= 11 is 5.87. The van der Waals surface area contributed by atoms with E-state index in [2.05, 4.69) is 22.6 Å². The van der Waals surface area contributed by atoms with Crippen LogP contribution in [0.1, 0.15) is 12.0 Å². The predicted molar refractivity (Wildman–Crippen MR) is 102 cm³/mol. The first-order chi connectivity index (χ1) is 12.5. The highest BCUT2D eigenvalue weighted by Gasteiger charge is 2.33. The van der Waals surface area contributed by atoms with E-state index >= 15 is 0 Å². The van der Waals surface area contributed by atoms with Gasteiger partial charge in [0, 0.05) is 30.4 Å². The normalized spacial score (nSPS) is 18.7. The molecule has 5 nitrogen and oxygen atoms in total. The molecule has 0 fully saturated rings. The molecule has 2 aliphatic heterocycles. The first-order valence-electron chi connectivity index (χ1n) is 8.54. The van der Waals surface area contributed by atoms with Crippen molar-refractivity contribution >= 4 is 21.6 Å². The molecule has 0 saturated heterocycles. The van der Waals surface area contributed by atoms with Crippen LogP contribution < -0.4 is 5.43 Å². The second kappa shape index (κ2) is 7.04. The number of nitrogens with one attached hydrogen (secondary N) is 1. The lowest BCUT2D eigenvalue weighted by molar-refractivity contribution is 0.245. The van der Waals surface area contributed by atoms with E-state index in [0.717, 1.165) is 25.2 Å². The molecule has 7 heteroatoms. The van der Waals surface area contributed by atoms with E-state index in [9.17, 15) is 8.42 Å². The molecule has 0 aliphatic carbocycles. The van der Waals surface area contributed by atoms with Crippen molar-refractivity contribution in [2.24, 2.45) is 0 Å². The van der Waals surface area contributed by atoms with E-state index in [1.807, 2.05) is 18.2 Å². The summed E-state index contributed by atoms with van der Waals surface area (Å²) < 4.78 is 27.3. The summed E-state index contributed by atoms with van der Waals surface area (Å²) in [5.41, 5.74) is 6.92. The zero-order valence-electron chi connectivity index (χ0n) is 14.2. The van der Waals surface area contributed by atoms with Crippen LogP contribution in [0.3, 0.4) is 0 Å². The maximum absolute atomic E-state index is 12.9. The number of sulfonamides is 1. The molecule has 0 spiro atoms. The van der Waals surface area contributed by atoms with Gasteiger partial charge >= 0.3 is 0 Å². The Morgan fingerprint density at radius 2 is 1.73 bits per heavy atom. The van der Waals surface area contributed by atoms with Crippen molar-refractivity contribution in [2.45, 2.75) is 17.9 Å². The molecule has 0 aromatic heterocycles. The highest BCUT2D eigenvalue weighted by atomic mass is 35.5. The van der Waals surface area contributed by atoms with E-state index < -0.39 is 10.0 Å². The Morgan fingerprint density at radius 1 is 1.00 bits per heavy atom. The fourth-order valence-corrected chi connectivity index (χ4v) is 4.92. The fourth-order valence-electron chi connectivity index (χ4n) is 3.39. The van der Waals surface area contributed by atoms with E-state index in [0.29, 0.717) is 18.1 Å². The fraction of sp³-hybridized carbons (Fsp3) is 0.263. The van der Waals surface area contributed by atoms with E-state index in [1.165, 1.54) is 15.4 Å². The van der Waals surface area contributed by atoms with Crippen molar-refractivity contribution in [2.75, 3.05) is 19.6 Å². The average molecular weight is 390 g/mol. The minimum atomic E-state index is -3.51. The third-order valence-corrected chi connectivity index (χ3v) is 6.88. The van der Waals surface area contributed by atoms with Crippen LogP contribution in [-0.2, 0) is 16.6 Å². The minimum Gasteiger partial charge on any atom is -0.321 e. The number of hydrogen-bond donors (Lipinski definition) is 1. The molecule has 0 amide bonds. The maximum atomic E-state index is 12.9. The lowest BCUT2D eigenvalue weighted by atomic mass is 10.1. The molecule has 2 aromatic carbocycles. The van der Waals surface area contributed by atoms with Crippen LogP contribution in [0.25, 0.3) is 0 Å². The van der Waals surface area contributed by atoms with Crippen LogP contribution in [0.15, 0.2) is 70.8 Å². The maximum Gasteiger partial charge on any atom is 0.243 e. The minimum absolute atomic E-state index is 0.282. The van der Waals surface area contributed by atoms with Gasteiger partial charge in [-0.25, -0.2) is 13.4 Å². The van der Waals surface area contributed by atoms with Crippen molar-refractivity contribution in [3.63, 3.8) is 0 Å². The second-order valence-electron chi connectivity index (χ2n) is 6.58. The molecule has 2 aromatic rings. The van der Waals surface area contributed by atoms with Crippen LogP contribution in [0.5, 0.6) is 0 Å². The van der Waals surface area contributed by atoms with Gasteiger partial charge in [-0.15, -0.1) is 0 Å². The van der Waals surface area contributed by atoms with Gasteiger partial charge in [0.25, 0.3) is 0 Å². The number of hydrazine groups is 1. The number of hydrogen-bond acceptors (Lipinski definition) is 4. The van der Waals surface area contributed by atoms with Crippen LogP contribution in [0, 0.1) is 0 Å². The summed E-state index contributed by atoms with van der Waals surface area (Å²) in [6.45, 7) is 2.51. The van der Waals surface area contributed by atoms with Crippen molar-refractivity contribution in [1.29, 1.82) is 0 Å². The van der Waals surface area contributed by atoms with Gasteiger partial charge in [-0.05, 0) is 41.8 Å². The highest BCUT2D eigenvalue weighted by Crippen LogP contribution is 2.27. The molecule has 0 bridgehead atoms. The van der Waals surface area contributed by atoms with E-state index in [4.69, 9.17) is 11.6 Å². The molecule has 1 N–H and O–H groups in total. The lowest BCUT2D eigenvalue weighted by Crippen LogP contribution is -2.39.